The molecule has 0 spiro atoms. The van der Waals surface area contributed by atoms with Crippen molar-refractivity contribution in [3.8, 4) is 0 Å². The van der Waals surface area contributed by atoms with Gasteiger partial charge in [-0.3, -0.25) is 4.79 Å². The van der Waals surface area contributed by atoms with Crippen LogP contribution in [0.15, 0.2) is 18.2 Å². The summed E-state index contributed by atoms with van der Waals surface area (Å²) in [7, 11) is -3.38. The van der Waals surface area contributed by atoms with E-state index in [2.05, 4.69) is 0 Å². The summed E-state index contributed by atoms with van der Waals surface area (Å²) in [6, 6.07) is 4.45. The molecule has 1 saturated carbocycles. The number of hydrogen-bond donors (Lipinski definition) is 0. The van der Waals surface area contributed by atoms with Gasteiger partial charge in [0.25, 0.3) is 0 Å². The Morgan fingerprint density at radius 1 is 1.20 bits per heavy atom. The highest BCUT2D eigenvalue weighted by atomic mass is 35.5. The van der Waals surface area contributed by atoms with Crippen LogP contribution in [0.1, 0.15) is 36.0 Å². The number of ketones is 1. The fraction of sp³-hybridized carbons (Fsp3) is 0.500. The molecule has 6 heteroatoms. The summed E-state index contributed by atoms with van der Waals surface area (Å²) in [6.45, 7) is 0. The predicted molar refractivity (Wildman–Crippen MR) is 81.4 cm³/mol. The molecular weight excluding hydrogens is 319 g/mol. The Hall–Kier alpha value is -0.580. The molecular formula is C14H16Cl2O3S. The van der Waals surface area contributed by atoms with Gasteiger partial charge in [-0.1, -0.05) is 36.0 Å². The summed E-state index contributed by atoms with van der Waals surface area (Å²) in [5.74, 6) is -0.646. The number of benzene rings is 1. The predicted octanol–water partition coefficient (Wildman–Crippen LogP) is 3.78. The second kappa shape index (κ2) is 6.46. The van der Waals surface area contributed by atoms with Gasteiger partial charge < -0.3 is 0 Å². The Morgan fingerprint density at radius 2 is 1.85 bits per heavy atom. The van der Waals surface area contributed by atoms with Crippen molar-refractivity contribution in [3.63, 3.8) is 0 Å². The number of rotatable bonds is 5. The van der Waals surface area contributed by atoms with E-state index in [0.717, 1.165) is 25.7 Å². The van der Waals surface area contributed by atoms with Gasteiger partial charge >= 0.3 is 0 Å². The van der Waals surface area contributed by atoms with Crippen molar-refractivity contribution >= 4 is 38.8 Å². The molecule has 1 aromatic carbocycles. The first kappa shape index (κ1) is 15.8. The smallest absolute Gasteiger partial charge is 0.179 e. The first-order valence-corrected chi connectivity index (χ1v) is 9.14. The van der Waals surface area contributed by atoms with E-state index in [-0.39, 0.29) is 22.3 Å². The Labute approximate surface area is 129 Å². The lowest BCUT2D eigenvalue weighted by molar-refractivity contribution is 0.102. The lowest BCUT2D eigenvalue weighted by atomic mass is 10.1. The van der Waals surface area contributed by atoms with Crippen molar-refractivity contribution in [2.45, 2.75) is 25.7 Å². The highest BCUT2D eigenvalue weighted by Crippen LogP contribution is 2.27. The van der Waals surface area contributed by atoms with E-state index < -0.39 is 21.4 Å². The number of sulfone groups is 1. The highest BCUT2D eigenvalue weighted by molar-refractivity contribution is 7.92. The van der Waals surface area contributed by atoms with Crippen molar-refractivity contribution in [1.29, 1.82) is 0 Å². The molecule has 110 valence electrons. The maximum absolute atomic E-state index is 12.1. The van der Waals surface area contributed by atoms with E-state index >= 15 is 0 Å². The van der Waals surface area contributed by atoms with E-state index in [1.54, 1.807) is 0 Å². The molecule has 1 aliphatic carbocycles. The number of carbonyl (C=O) groups is 1. The molecule has 0 aliphatic heterocycles. The van der Waals surface area contributed by atoms with Crippen molar-refractivity contribution in [2.24, 2.45) is 5.92 Å². The average Bonchev–Trinajstić information content (AvgIpc) is 2.79. The minimum Gasteiger partial charge on any atom is -0.293 e. The summed E-state index contributed by atoms with van der Waals surface area (Å²) in [5.41, 5.74) is 0.214. The van der Waals surface area contributed by atoms with Gasteiger partial charge in [-0.2, -0.15) is 0 Å². The van der Waals surface area contributed by atoms with Gasteiger partial charge in [0.1, 0.15) is 5.75 Å². The van der Waals surface area contributed by atoms with Gasteiger partial charge in [0.2, 0.25) is 0 Å². The zero-order chi connectivity index (χ0) is 14.8. The molecule has 2 rings (SSSR count). The molecule has 0 amide bonds. The Kier molecular flexibility index (Phi) is 5.10. The van der Waals surface area contributed by atoms with Crippen LogP contribution in [0.5, 0.6) is 0 Å². The monoisotopic (exact) mass is 334 g/mol. The third-order valence-electron chi connectivity index (χ3n) is 3.55. The maximum Gasteiger partial charge on any atom is 0.179 e. The second-order valence-electron chi connectivity index (χ2n) is 5.25. The topological polar surface area (TPSA) is 51.2 Å². The lowest BCUT2D eigenvalue weighted by Crippen LogP contribution is -2.22. The van der Waals surface area contributed by atoms with Crippen LogP contribution in [0.25, 0.3) is 0 Å². The molecule has 1 aliphatic rings. The molecule has 0 saturated heterocycles. The minimum atomic E-state index is -3.38. The molecule has 3 nitrogen and oxygen atoms in total. The van der Waals surface area contributed by atoms with E-state index in [9.17, 15) is 13.2 Å². The number of carbonyl (C=O) groups excluding carboxylic acids is 1. The van der Waals surface area contributed by atoms with Crippen LogP contribution in [0.3, 0.4) is 0 Å². The number of halogens is 2. The molecule has 0 bridgehead atoms. The largest absolute Gasteiger partial charge is 0.293 e. The lowest BCUT2D eigenvalue weighted by Gasteiger charge is -2.10. The van der Waals surface area contributed by atoms with Gasteiger partial charge in [0, 0.05) is 10.6 Å². The Balaban J connectivity index is 2.06. The third kappa shape index (κ3) is 4.21. The Bertz CT molecular complexity index is 605. The van der Waals surface area contributed by atoms with Crippen LogP contribution in [-0.2, 0) is 9.84 Å². The fourth-order valence-corrected chi connectivity index (χ4v) is 4.83. The van der Waals surface area contributed by atoms with E-state index in [0.29, 0.717) is 5.02 Å². The summed E-state index contributed by atoms with van der Waals surface area (Å²) in [5, 5.41) is 0.610. The van der Waals surface area contributed by atoms with E-state index in [1.165, 1.54) is 18.2 Å². The van der Waals surface area contributed by atoms with Crippen molar-refractivity contribution in [2.75, 3.05) is 11.5 Å². The highest BCUT2D eigenvalue weighted by Gasteiger charge is 2.25. The molecule has 0 atom stereocenters. The molecule has 0 unspecified atom stereocenters. The number of hydrogen-bond acceptors (Lipinski definition) is 3. The van der Waals surface area contributed by atoms with Crippen molar-refractivity contribution < 1.29 is 13.2 Å². The van der Waals surface area contributed by atoms with Gasteiger partial charge in [-0.15, -0.1) is 0 Å². The van der Waals surface area contributed by atoms with Crippen LogP contribution in [0.2, 0.25) is 10.0 Å². The molecule has 0 aromatic heterocycles. The quantitative estimate of drug-likeness (QED) is 0.770. The van der Waals surface area contributed by atoms with Gasteiger partial charge in [0.05, 0.1) is 10.8 Å². The average molecular weight is 335 g/mol. The van der Waals surface area contributed by atoms with E-state index in [1.807, 2.05) is 0 Å². The zero-order valence-electron chi connectivity index (χ0n) is 10.9. The molecule has 0 radical (unpaired) electrons. The Morgan fingerprint density at radius 3 is 2.45 bits per heavy atom. The van der Waals surface area contributed by atoms with Crippen molar-refractivity contribution in [1.82, 2.24) is 0 Å². The van der Waals surface area contributed by atoms with Gasteiger partial charge in [-0.25, -0.2) is 8.42 Å². The van der Waals surface area contributed by atoms with Crippen LogP contribution in [0, 0.1) is 5.92 Å². The first-order valence-electron chi connectivity index (χ1n) is 6.56. The van der Waals surface area contributed by atoms with Gasteiger partial charge in [-0.05, 0) is 37.0 Å². The summed E-state index contributed by atoms with van der Waals surface area (Å²) < 4.78 is 24.1. The molecule has 1 fully saturated rings. The second-order valence-corrected chi connectivity index (χ2v) is 8.21. The summed E-state index contributed by atoms with van der Waals surface area (Å²) >= 11 is 11.7. The number of Topliss-reactive ketones (excluding diaryl/α,β-unsaturated/α-hetero) is 1. The summed E-state index contributed by atoms with van der Waals surface area (Å²) in [4.78, 5) is 12.1. The van der Waals surface area contributed by atoms with Crippen LogP contribution >= 0.6 is 23.2 Å². The molecule has 1 aromatic rings. The molecule has 0 heterocycles. The van der Waals surface area contributed by atoms with E-state index in [4.69, 9.17) is 23.2 Å². The fourth-order valence-electron chi connectivity index (χ4n) is 2.59. The van der Waals surface area contributed by atoms with Gasteiger partial charge in [0.15, 0.2) is 15.6 Å². The molecule has 20 heavy (non-hydrogen) atoms. The first-order chi connectivity index (χ1) is 9.37. The van der Waals surface area contributed by atoms with Crippen LogP contribution in [-0.4, -0.2) is 25.7 Å². The minimum absolute atomic E-state index is 0.101. The SMILES string of the molecule is O=C(CS(=O)(=O)CC1CCCC1)c1ccc(Cl)cc1Cl. The normalized spacial score (nSPS) is 16.5. The van der Waals surface area contributed by atoms with Crippen molar-refractivity contribution in [3.05, 3.63) is 33.8 Å². The molecule has 0 N–H and O–H groups in total. The maximum atomic E-state index is 12.1. The standard InChI is InChI=1S/C14H16Cl2O3S/c15-11-5-6-12(13(16)7-11)14(17)9-20(18,19)8-10-3-1-2-4-10/h5-7,10H,1-4,8-9H2. The zero-order valence-corrected chi connectivity index (χ0v) is 13.3. The van der Waals surface area contributed by atoms with Crippen LogP contribution < -0.4 is 0 Å². The summed E-state index contributed by atoms with van der Waals surface area (Å²) in [6.07, 6.45) is 4.04. The van der Waals surface area contributed by atoms with Crippen LogP contribution in [0.4, 0.5) is 0 Å². The third-order valence-corrected chi connectivity index (χ3v) is 5.78.